The van der Waals surface area contributed by atoms with E-state index in [1.54, 1.807) is 17.9 Å². The van der Waals surface area contributed by atoms with Crippen LogP contribution < -0.4 is 0 Å². The number of esters is 1. The Morgan fingerprint density at radius 1 is 1.29 bits per heavy atom. The maximum atomic E-state index is 12.2. The van der Waals surface area contributed by atoms with Crippen molar-refractivity contribution >= 4 is 22.8 Å². The number of likely N-dealkylation sites (tertiary alicyclic amines) is 1. The predicted octanol–water partition coefficient (Wildman–Crippen LogP) is 1.73. The molecule has 110 valence electrons. The highest BCUT2D eigenvalue weighted by molar-refractivity contribution is 6.02. The molecule has 0 unspecified atom stereocenters. The summed E-state index contributed by atoms with van der Waals surface area (Å²) in [4.78, 5) is 26.0. The minimum atomic E-state index is -0.786. The third-order valence-electron chi connectivity index (χ3n) is 3.71. The standard InChI is InChI=1S/C15H17N3O3/c1-10(14(19)18-8-4-5-9-18)21-15(20)13-11-6-2-3-7-12(11)16-17-13/h2-3,6-7,10H,4-5,8-9H2,1H3,(H,16,17)/t10-/m0/s1. The summed E-state index contributed by atoms with van der Waals surface area (Å²) in [5.74, 6) is -0.715. The molecule has 0 aliphatic carbocycles. The van der Waals surface area contributed by atoms with Gasteiger partial charge in [-0.2, -0.15) is 5.10 Å². The molecule has 1 aliphatic heterocycles. The molecule has 6 heteroatoms. The Morgan fingerprint density at radius 3 is 2.76 bits per heavy atom. The van der Waals surface area contributed by atoms with Gasteiger partial charge in [-0.3, -0.25) is 9.89 Å². The maximum absolute atomic E-state index is 12.2. The maximum Gasteiger partial charge on any atom is 0.360 e. The van der Waals surface area contributed by atoms with Crippen molar-refractivity contribution in [2.24, 2.45) is 0 Å². The zero-order chi connectivity index (χ0) is 14.8. The number of ether oxygens (including phenoxy) is 1. The molecule has 1 amide bonds. The molecule has 3 rings (SSSR count). The molecule has 2 heterocycles. The summed E-state index contributed by atoms with van der Waals surface area (Å²) in [5, 5.41) is 7.46. The first-order valence-corrected chi connectivity index (χ1v) is 7.09. The molecule has 21 heavy (non-hydrogen) atoms. The Hall–Kier alpha value is -2.37. The van der Waals surface area contributed by atoms with Gasteiger partial charge >= 0.3 is 5.97 Å². The van der Waals surface area contributed by atoms with Crippen LogP contribution in [-0.2, 0) is 9.53 Å². The summed E-state index contributed by atoms with van der Waals surface area (Å²) < 4.78 is 5.26. The molecule has 0 bridgehead atoms. The molecular weight excluding hydrogens is 270 g/mol. The number of aromatic amines is 1. The molecule has 1 saturated heterocycles. The van der Waals surface area contributed by atoms with E-state index < -0.39 is 12.1 Å². The van der Waals surface area contributed by atoms with E-state index in [4.69, 9.17) is 4.74 Å². The second-order valence-corrected chi connectivity index (χ2v) is 5.20. The summed E-state index contributed by atoms with van der Waals surface area (Å²) in [6.07, 6.45) is 1.23. The number of hydrogen-bond donors (Lipinski definition) is 1. The zero-order valence-corrected chi connectivity index (χ0v) is 11.8. The van der Waals surface area contributed by atoms with E-state index in [0.717, 1.165) is 31.4 Å². The molecular formula is C15H17N3O3. The van der Waals surface area contributed by atoms with Crippen molar-refractivity contribution in [1.82, 2.24) is 15.1 Å². The molecule has 2 aromatic rings. The molecule has 0 radical (unpaired) electrons. The number of rotatable bonds is 3. The first-order valence-electron chi connectivity index (χ1n) is 7.09. The summed E-state index contributed by atoms with van der Waals surface area (Å²) in [5.41, 5.74) is 0.981. The summed E-state index contributed by atoms with van der Waals surface area (Å²) in [6.45, 7) is 3.09. The molecule has 1 aromatic heterocycles. The van der Waals surface area contributed by atoms with E-state index in [1.807, 2.05) is 18.2 Å². The Morgan fingerprint density at radius 2 is 2.00 bits per heavy atom. The van der Waals surface area contributed by atoms with Gasteiger partial charge in [0.2, 0.25) is 0 Å². The smallest absolute Gasteiger partial charge is 0.360 e. The van der Waals surface area contributed by atoms with Gasteiger partial charge in [-0.05, 0) is 25.8 Å². The van der Waals surface area contributed by atoms with Crippen molar-refractivity contribution in [3.63, 3.8) is 0 Å². The minimum Gasteiger partial charge on any atom is -0.448 e. The number of aromatic nitrogens is 2. The second kappa shape index (κ2) is 5.55. The molecule has 1 aromatic carbocycles. The average Bonchev–Trinajstić information content (AvgIpc) is 3.15. The van der Waals surface area contributed by atoms with Gasteiger partial charge in [-0.25, -0.2) is 4.79 Å². The summed E-state index contributed by atoms with van der Waals surface area (Å²) >= 11 is 0. The largest absolute Gasteiger partial charge is 0.448 e. The lowest BCUT2D eigenvalue weighted by Gasteiger charge is -2.20. The number of para-hydroxylation sites is 1. The molecule has 0 saturated carbocycles. The quantitative estimate of drug-likeness (QED) is 0.872. The number of amides is 1. The lowest BCUT2D eigenvalue weighted by molar-refractivity contribution is -0.138. The van der Waals surface area contributed by atoms with Crippen LogP contribution in [0.2, 0.25) is 0 Å². The molecule has 1 aliphatic rings. The lowest BCUT2D eigenvalue weighted by Crippen LogP contribution is -2.38. The monoisotopic (exact) mass is 287 g/mol. The van der Waals surface area contributed by atoms with Crippen LogP contribution >= 0.6 is 0 Å². The van der Waals surface area contributed by atoms with Crippen molar-refractivity contribution in [1.29, 1.82) is 0 Å². The first-order chi connectivity index (χ1) is 10.2. The number of hydrogen-bond acceptors (Lipinski definition) is 4. The highest BCUT2D eigenvalue weighted by Crippen LogP contribution is 2.17. The van der Waals surface area contributed by atoms with Crippen LogP contribution in [0.15, 0.2) is 24.3 Å². The van der Waals surface area contributed by atoms with Gasteiger partial charge in [0.25, 0.3) is 5.91 Å². The third-order valence-corrected chi connectivity index (χ3v) is 3.71. The number of nitrogens with one attached hydrogen (secondary N) is 1. The van der Waals surface area contributed by atoms with Crippen LogP contribution in [0.4, 0.5) is 0 Å². The SMILES string of the molecule is C[C@H](OC(=O)c1n[nH]c2ccccc12)C(=O)N1CCCC1. The highest BCUT2D eigenvalue weighted by atomic mass is 16.5. The summed E-state index contributed by atoms with van der Waals surface area (Å²) in [7, 11) is 0. The molecule has 6 nitrogen and oxygen atoms in total. The van der Waals surface area contributed by atoms with Crippen molar-refractivity contribution in [2.75, 3.05) is 13.1 Å². The second-order valence-electron chi connectivity index (χ2n) is 5.20. The van der Waals surface area contributed by atoms with Crippen LogP contribution in [0.5, 0.6) is 0 Å². The van der Waals surface area contributed by atoms with Gasteiger partial charge in [0.1, 0.15) is 0 Å². The van der Waals surface area contributed by atoms with Crippen molar-refractivity contribution in [3.05, 3.63) is 30.0 Å². The average molecular weight is 287 g/mol. The molecule has 1 fully saturated rings. The number of carbonyl (C=O) groups excluding carboxylic acids is 2. The number of carbonyl (C=O) groups is 2. The number of benzene rings is 1. The van der Waals surface area contributed by atoms with E-state index >= 15 is 0 Å². The Balaban J connectivity index is 1.72. The predicted molar refractivity (Wildman–Crippen MR) is 76.8 cm³/mol. The van der Waals surface area contributed by atoms with Crippen molar-refractivity contribution in [3.8, 4) is 0 Å². The van der Waals surface area contributed by atoms with Gasteiger partial charge in [0.05, 0.1) is 5.52 Å². The number of nitrogens with zero attached hydrogens (tertiary/aromatic N) is 2. The Labute approximate surface area is 122 Å². The van der Waals surface area contributed by atoms with Crippen molar-refractivity contribution < 1.29 is 14.3 Å². The van der Waals surface area contributed by atoms with Gasteiger partial charge in [-0.15, -0.1) is 0 Å². The first kappa shape index (κ1) is 13.6. The summed E-state index contributed by atoms with van der Waals surface area (Å²) in [6, 6.07) is 7.31. The van der Waals surface area contributed by atoms with Crippen LogP contribution in [0.1, 0.15) is 30.3 Å². The van der Waals surface area contributed by atoms with E-state index in [1.165, 1.54) is 0 Å². The Bertz CT molecular complexity index is 674. The highest BCUT2D eigenvalue weighted by Gasteiger charge is 2.27. The van der Waals surface area contributed by atoms with Crippen LogP contribution in [0.3, 0.4) is 0 Å². The van der Waals surface area contributed by atoms with Gasteiger partial charge in [0, 0.05) is 18.5 Å². The van der Waals surface area contributed by atoms with Crippen molar-refractivity contribution in [2.45, 2.75) is 25.9 Å². The number of fused-ring (bicyclic) bond motifs is 1. The molecule has 0 spiro atoms. The van der Waals surface area contributed by atoms with Gasteiger partial charge in [-0.1, -0.05) is 18.2 Å². The van der Waals surface area contributed by atoms with Crippen LogP contribution in [0, 0.1) is 0 Å². The zero-order valence-electron chi connectivity index (χ0n) is 11.8. The molecule has 1 atom stereocenters. The normalized spacial score (nSPS) is 16.1. The minimum absolute atomic E-state index is 0.138. The van der Waals surface area contributed by atoms with E-state index in [9.17, 15) is 9.59 Å². The van der Waals surface area contributed by atoms with Gasteiger partial charge in [0.15, 0.2) is 11.8 Å². The van der Waals surface area contributed by atoms with Crippen LogP contribution in [0.25, 0.3) is 10.9 Å². The van der Waals surface area contributed by atoms with E-state index in [-0.39, 0.29) is 11.6 Å². The Kier molecular flexibility index (Phi) is 3.60. The lowest BCUT2D eigenvalue weighted by atomic mass is 10.2. The van der Waals surface area contributed by atoms with Crippen LogP contribution in [-0.4, -0.2) is 46.2 Å². The van der Waals surface area contributed by atoms with E-state index in [0.29, 0.717) is 5.39 Å². The van der Waals surface area contributed by atoms with Gasteiger partial charge < -0.3 is 9.64 Å². The fraction of sp³-hybridized carbons (Fsp3) is 0.400. The van der Waals surface area contributed by atoms with E-state index in [2.05, 4.69) is 10.2 Å². The fourth-order valence-corrected chi connectivity index (χ4v) is 2.58. The molecule has 1 N–H and O–H groups in total. The topological polar surface area (TPSA) is 75.3 Å². The number of H-pyrrole nitrogens is 1. The fourth-order valence-electron chi connectivity index (χ4n) is 2.58. The third kappa shape index (κ3) is 2.61.